The smallest absolute Gasteiger partial charge is 0.000133 e. The third-order valence-electron chi connectivity index (χ3n) is 2.75. The van der Waals surface area contributed by atoms with Crippen LogP contribution in [-0.4, -0.2) is 50.6 Å². The van der Waals surface area contributed by atoms with E-state index in [2.05, 4.69) is 51.7 Å². The van der Waals surface area contributed by atoms with Crippen LogP contribution in [0.3, 0.4) is 0 Å². The summed E-state index contributed by atoms with van der Waals surface area (Å²) in [5, 5.41) is 0. The van der Waals surface area contributed by atoms with Gasteiger partial charge in [0.15, 0.2) is 0 Å². The van der Waals surface area contributed by atoms with Gasteiger partial charge in [-0.1, -0.05) is 20.8 Å². The molecule has 0 fully saturated rings. The Morgan fingerprint density at radius 1 is 0.867 bits per heavy atom. The average Bonchev–Trinajstić information content (AvgIpc) is 2.10. The number of hydrogen-bond donors (Lipinski definition) is 0. The van der Waals surface area contributed by atoms with Crippen LogP contribution in [0.4, 0.5) is 0 Å². The summed E-state index contributed by atoms with van der Waals surface area (Å²) >= 11 is 0. The molecule has 0 rings (SSSR count). The van der Waals surface area contributed by atoms with Gasteiger partial charge in [0.1, 0.15) is 0 Å². The second-order valence-corrected chi connectivity index (χ2v) is 5.64. The maximum absolute atomic E-state index is 2.46. The molecule has 0 aromatic carbocycles. The van der Waals surface area contributed by atoms with Gasteiger partial charge < -0.3 is 9.80 Å². The molecule has 0 aliphatic heterocycles. The Morgan fingerprint density at radius 3 is 1.87 bits per heavy atom. The summed E-state index contributed by atoms with van der Waals surface area (Å²) in [6.45, 7) is 10.6. The molecule has 0 radical (unpaired) electrons. The molecule has 0 heterocycles. The SMILES string of the molecule is CC(C)CN(C)CCC(C)CCN(C)C. The highest BCUT2D eigenvalue weighted by Gasteiger charge is 2.06. The molecule has 0 saturated heterocycles. The Labute approximate surface area is 96.6 Å². The normalized spacial score (nSPS) is 14.2. The number of nitrogens with zero attached hydrogens (tertiary/aromatic N) is 2. The molecule has 92 valence electrons. The van der Waals surface area contributed by atoms with Crippen LogP contribution in [-0.2, 0) is 0 Å². The van der Waals surface area contributed by atoms with Crippen molar-refractivity contribution in [3.05, 3.63) is 0 Å². The molecule has 0 amide bonds. The van der Waals surface area contributed by atoms with E-state index in [0.29, 0.717) is 0 Å². The van der Waals surface area contributed by atoms with Crippen LogP contribution in [0.2, 0.25) is 0 Å². The lowest BCUT2D eigenvalue weighted by atomic mass is 10.0. The first-order chi connectivity index (χ1) is 6.91. The van der Waals surface area contributed by atoms with Crippen molar-refractivity contribution in [3.63, 3.8) is 0 Å². The third kappa shape index (κ3) is 10.2. The van der Waals surface area contributed by atoms with Crippen molar-refractivity contribution in [1.82, 2.24) is 9.80 Å². The zero-order valence-corrected chi connectivity index (χ0v) is 11.6. The zero-order chi connectivity index (χ0) is 11.8. The minimum Gasteiger partial charge on any atom is -0.309 e. The molecule has 15 heavy (non-hydrogen) atoms. The maximum Gasteiger partial charge on any atom is 0.000133 e. The van der Waals surface area contributed by atoms with Gasteiger partial charge in [-0.05, 0) is 58.9 Å². The summed E-state index contributed by atoms with van der Waals surface area (Å²) in [4.78, 5) is 4.73. The van der Waals surface area contributed by atoms with Crippen LogP contribution in [0.1, 0.15) is 33.6 Å². The van der Waals surface area contributed by atoms with Gasteiger partial charge in [-0.15, -0.1) is 0 Å². The van der Waals surface area contributed by atoms with Crippen LogP contribution in [0, 0.1) is 11.8 Å². The molecule has 2 heteroatoms. The van der Waals surface area contributed by atoms with Gasteiger partial charge in [-0.3, -0.25) is 0 Å². The summed E-state index contributed by atoms with van der Waals surface area (Å²) in [6.07, 6.45) is 2.65. The van der Waals surface area contributed by atoms with Gasteiger partial charge in [-0.2, -0.15) is 0 Å². The average molecular weight is 214 g/mol. The van der Waals surface area contributed by atoms with Crippen molar-refractivity contribution in [3.8, 4) is 0 Å². The molecule has 0 N–H and O–H groups in total. The lowest BCUT2D eigenvalue weighted by Gasteiger charge is -2.21. The first-order valence-corrected chi connectivity index (χ1v) is 6.25. The minimum absolute atomic E-state index is 0.784. The summed E-state index contributed by atoms with van der Waals surface area (Å²) in [6, 6.07) is 0. The Bertz CT molecular complexity index is 143. The maximum atomic E-state index is 2.46. The van der Waals surface area contributed by atoms with Crippen molar-refractivity contribution in [1.29, 1.82) is 0 Å². The molecule has 2 nitrogen and oxygen atoms in total. The lowest BCUT2D eigenvalue weighted by Crippen LogP contribution is -2.26. The van der Waals surface area contributed by atoms with Gasteiger partial charge in [0.2, 0.25) is 0 Å². The largest absolute Gasteiger partial charge is 0.309 e. The van der Waals surface area contributed by atoms with E-state index < -0.39 is 0 Å². The van der Waals surface area contributed by atoms with Gasteiger partial charge in [0.25, 0.3) is 0 Å². The van der Waals surface area contributed by atoms with Crippen LogP contribution in [0.5, 0.6) is 0 Å². The first kappa shape index (κ1) is 14.9. The van der Waals surface area contributed by atoms with E-state index in [4.69, 9.17) is 0 Å². The molecule has 0 aromatic rings. The fourth-order valence-corrected chi connectivity index (χ4v) is 1.78. The molecule has 0 bridgehead atoms. The van der Waals surface area contributed by atoms with E-state index in [9.17, 15) is 0 Å². The van der Waals surface area contributed by atoms with Crippen LogP contribution < -0.4 is 0 Å². The predicted octanol–water partition coefficient (Wildman–Crippen LogP) is 2.55. The van der Waals surface area contributed by atoms with E-state index in [-0.39, 0.29) is 0 Å². The van der Waals surface area contributed by atoms with Crippen molar-refractivity contribution < 1.29 is 0 Å². The van der Waals surface area contributed by atoms with E-state index in [0.717, 1.165) is 11.8 Å². The van der Waals surface area contributed by atoms with Gasteiger partial charge in [0, 0.05) is 6.54 Å². The summed E-state index contributed by atoms with van der Waals surface area (Å²) < 4.78 is 0. The second-order valence-electron chi connectivity index (χ2n) is 5.64. The van der Waals surface area contributed by atoms with Crippen molar-refractivity contribution in [2.45, 2.75) is 33.6 Å². The Kier molecular flexibility index (Phi) is 8.07. The van der Waals surface area contributed by atoms with Crippen LogP contribution in [0.25, 0.3) is 0 Å². The van der Waals surface area contributed by atoms with E-state index in [1.54, 1.807) is 0 Å². The Morgan fingerprint density at radius 2 is 1.40 bits per heavy atom. The molecular weight excluding hydrogens is 184 g/mol. The Balaban J connectivity index is 3.48. The lowest BCUT2D eigenvalue weighted by molar-refractivity contribution is 0.263. The standard InChI is InChI=1S/C13H30N2/c1-12(2)11-15(6)10-8-13(3)7-9-14(4)5/h12-13H,7-11H2,1-6H3. The van der Waals surface area contributed by atoms with Crippen LogP contribution in [0.15, 0.2) is 0 Å². The Hall–Kier alpha value is -0.0800. The summed E-state index contributed by atoms with van der Waals surface area (Å²) in [5.74, 6) is 1.63. The van der Waals surface area contributed by atoms with Gasteiger partial charge in [0.05, 0.1) is 0 Å². The van der Waals surface area contributed by atoms with E-state index >= 15 is 0 Å². The number of rotatable bonds is 8. The van der Waals surface area contributed by atoms with Crippen molar-refractivity contribution >= 4 is 0 Å². The summed E-state index contributed by atoms with van der Waals surface area (Å²) in [5.41, 5.74) is 0. The topological polar surface area (TPSA) is 6.48 Å². The fraction of sp³-hybridized carbons (Fsp3) is 1.00. The minimum atomic E-state index is 0.784. The van der Waals surface area contributed by atoms with Crippen molar-refractivity contribution in [2.75, 3.05) is 40.8 Å². The predicted molar refractivity (Wildman–Crippen MR) is 69.3 cm³/mol. The summed E-state index contributed by atoms with van der Waals surface area (Å²) in [7, 11) is 6.54. The first-order valence-electron chi connectivity index (χ1n) is 6.25. The molecule has 1 unspecified atom stereocenters. The molecule has 1 atom stereocenters. The highest BCUT2D eigenvalue weighted by Crippen LogP contribution is 2.09. The van der Waals surface area contributed by atoms with E-state index in [1.165, 1.54) is 32.5 Å². The van der Waals surface area contributed by atoms with Gasteiger partial charge in [-0.25, -0.2) is 0 Å². The zero-order valence-electron chi connectivity index (χ0n) is 11.6. The van der Waals surface area contributed by atoms with E-state index in [1.807, 2.05) is 0 Å². The monoisotopic (exact) mass is 214 g/mol. The highest BCUT2D eigenvalue weighted by molar-refractivity contribution is 4.60. The third-order valence-corrected chi connectivity index (χ3v) is 2.75. The molecule has 0 aromatic heterocycles. The molecule has 0 spiro atoms. The molecule has 0 saturated carbocycles. The number of hydrogen-bond acceptors (Lipinski definition) is 2. The molecule has 0 aliphatic rings. The second kappa shape index (κ2) is 8.12. The highest BCUT2D eigenvalue weighted by atomic mass is 15.1. The molecular formula is C13H30N2. The van der Waals surface area contributed by atoms with Gasteiger partial charge >= 0.3 is 0 Å². The molecule has 0 aliphatic carbocycles. The van der Waals surface area contributed by atoms with Crippen LogP contribution >= 0.6 is 0 Å². The quantitative estimate of drug-likeness (QED) is 0.613. The van der Waals surface area contributed by atoms with Crippen molar-refractivity contribution in [2.24, 2.45) is 11.8 Å². The fourth-order valence-electron chi connectivity index (χ4n) is 1.78.